The average molecular weight is 324 g/mol. The fraction of sp³-hybridized carbons (Fsp3) is 0.647. The molecule has 0 fully saturated rings. The Kier molecular flexibility index (Phi) is 9.99. The van der Waals surface area contributed by atoms with E-state index in [9.17, 15) is 10.1 Å². The van der Waals surface area contributed by atoms with Crippen molar-refractivity contribution in [3.8, 4) is 0 Å². The highest BCUT2D eigenvalue weighted by atomic mass is 16.6. The van der Waals surface area contributed by atoms with Gasteiger partial charge in [-0.25, -0.2) is 0 Å². The fourth-order valence-electron chi connectivity index (χ4n) is 2.72. The Bertz CT molecular complexity index is 448. The molecule has 0 aliphatic rings. The van der Waals surface area contributed by atoms with Gasteiger partial charge in [-0.1, -0.05) is 37.8 Å². The van der Waals surface area contributed by atoms with Crippen LogP contribution in [0.5, 0.6) is 0 Å². The lowest BCUT2D eigenvalue weighted by Gasteiger charge is -2.14. The number of para-hydroxylation sites is 2. The first-order valence-electron chi connectivity index (χ1n) is 8.38. The lowest BCUT2D eigenvalue weighted by atomic mass is 9.95. The molecule has 1 aromatic rings. The third-order valence-electron chi connectivity index (χ3n) is 4.03. The van der Waals surface area contributed by atoms with Crippen molar-refractivity contribution in [2.24, 2.45) is 5.92 Å². The zero-order valence-electron chi connectivity index (χ0n) is 13.6. The lowest BCUT2D eigenvalue weighted by Crippen LogP contribution is -2.06. The molecule has 130 valence electrons. The predicted octanol–water partition coefficient (Wildman–Crippen LogP) is 3.34. The Morgan fingerprint density at radius 1 is 1.00 bits per heavy atom. The third kappa shape index (κ3) is 7.95. The number of anilines is 1. The van der Waals surface area contributed by atoms with Crippen molar-refractivity contribution < 1.29 is 15.1 Å². The summed E-state index contributed by atoms with van der Waals surface area (Å²) in [5.74, 6) is 0.412. The van der Waals surface area contributed by atoms with Crippen LogP contribution in [0, 0.1) is 16.0 Å². The van der Waals surface area contributed by atoms with E-state index in [1.165, 1.54) is 6.07 Å². The van der Waals surface area contributed by atoms with Crippen LogP contribution in [0.2, 0.25) is 0 Å². The molecule has 0 radical (unpaired) electrons. The van der Waals surface area contributed by atoms with Crippen molar-refractivity contribution in [1.82, 2.24) is 0 Å². The summed E-state index contributed by atoms with van der Waals surface area (Å²) in [6.45, 7) is 1.09. The highest BCUT2D eigenvalue weighted by Gasteiger charge is 2.11. The van der Waals surface area contributed by atoms with E-state index in [1.807, 2.05) is 0 Å². The van der Waals surface area contributed by atoms with Crippen LogP contribution in [0.3, 0.4) is 0 Å². The van der Waals surface area contributed by atoms with Gasteiger partial charge in [0.05, 0.1) is 4.92 Å². The first kappa shape index (κ1) is 19.4. The van der Waals surface area contributed by atoms with Gasteiger partial charge in [-0.05, 0) is 31.2 Å². The maximum Gasteiger partial charge on any atom is 0.292 e. The van der Waals surface area contributed by atoms with Crippen LogP contribution in [-0.4, -0.2) is 34.9 Å². The van der Waals surface area contributed by atoms with Gasteiger partial charge in [0, 0.05) is 25.8 Å². The van der Waals surface area contributed by atoms with E-state index >= 15 is 0 Å². The van der Waals surface area contributed by atoms with E-state index in [-0.39, 0.29) is 23.8 Å². The quantitative estimate of drug-likeness (QED) is 0.294. The van der Waals surface area contributed by atoms with Gasteiger partial charge in [0.2, 0.25) is 0 Å². The maximum absolute atomic E-state index is 10.9. The van der Waals surface area contributed by atoms with Crippen LogP contribution >= 0.6 is 0 Å². The number of nitrogens with one attached hydrogen (secondary N) is 1. The number of hydrogen-bond donors (Lipinski definition) is 3. The van der Waals surface area contributed by atoms with Gasteiger partial charge in [-0.3, -0.25) is 10.1 Å². The summed E-state index contributed by atoms with van der Waals surface area (Å²) in [6.07, 6.45) is 6.80. The van der Waals surface area contributed by atoms with Crippen LogP contribution in [0.4, 0.5) is 11.4 Å². The zero-order valence-corrected chi connectivity index (χ0v) is 13.6. The molecule has 1 aromatic carbocycles. The van der Waals surface area contributed by atoms with Crippen molar-refractivity contribution in [2.75, 3.05) is 25.1 Å². The number of unbranched alkanes of at least 4 members (excludes halogenated alkanes) is 3. The number of nitro benzene ring substituents is 1. The number of aliphatic hydroxyl groups is 2. The van der Waals surface area contributed by atoms with E-state index in [2.05, 4.69) is 5.32 Å². The maximum atomic E-state index is 10.9. The van der Waals surface area contributed by atoms with Crippen molar-refractivity contribution in [1.29, 1.82) is 0 Å². The Morgan fingerprint density at radius 3 is 2.30 bits per heavy atom. The summed E-state index contributed by atoms with van der Waals surface area (Å²) in [4.78, 5) is 10.5. The molecule has 0 aliphatic heterocycles. The lowest BCUT2D eigenvalue weighted by molar-refractivity contribution is -0.384. The van der Waals surface area contributed by atoms with Gasteiger partial charge in [0.15, 0.2) is 0 Å². The molecule has 0 unspecified atom stereocenters. The molecule has 6 heteroatoms. The summed E-state index contributed by atoms with van der Waals surface area (Å²) in [5.41, 5.74) is 0.687. The van der Waals surface area contributed by atoms with Crippen molar-refractivity contribution in [3.05, 3.63) is 34.4 Å². The fourth-order valence-corrected chi connectivity index (χ4v) is 2.72. The summed E-state index contributed by atoms with van der Waals surface area (Å²) in [5, 5.41) is 32.0. The van der Waals surface area contributed by atoms with Crippen LogP contribution in [0.15, 0.2) is 24.3 Å². The summed E-state index contributed by atoms with van der Waals surface area (Å²) < 4.78 is 0. The summed E-state index contributed by atoms with van der Waals surface area (Å²) >= 11 is 0. The van der Waals surface area contributed by atoms with Crippen molar-refractivity contribution in [3.63, 3.8) is 0 Å². The number of rotatable bonds is 13. The molecule has 1 rings (SSSR count). The second kappa shape index (κ2) is 11.8. The molecule has 0 saturated heterocycles. The number of hydrogen-bond acceptors (Lipinski definition) is 5. The molecular formula is C17H28N2O4. The minimum absolute atomic E-state index is 0.114. The van der Waals surface area contributed by atoms with Gasteiger partial charge in [0.25, 0.3) is 5.69 Å². The zero-order chi connectivity index (χ0) is 16.9. The topological polar surface area (TPSA) is 95.6 Å². The van der Waals surface area contributed by atoms with E-state index in [1.54, 1.807) is 18.2 Å². The monoisotopic (exact) mass is 324 g/mol. The second-order valence-corrected chi connectivity index (χ2v) is 5.79. The van der Waals surface area contributed by atoms with Crippen LogP contribution < -0.4 is 5.32 Å². The normalized spacial score (nSPS) is 10.9. The molecule has 0 heterocycles. The van der Waals surface area contributed by atoms with E-state index in [0.29, 0.717) is 11.6 Å². The van der Waals surface area contributed by atoms with Crippen molar-refractivity contribution >= 4 is 11.4 Å². The van der Waals surface area contributed by atoms with Gasteiger partial charge >= 0.3 is 0 Å². The van der Waals surface area contributed by atoms with E-state index in [0.717, 1.165) is 51.5 Å². The molecule has 3 N–H and O–H groups in total. The Labute approximate surface area is 137 Å². The third-order valence-corrected chi connectivity index (χ3v) is 4.03. The number of nitro groups is 1. The molecule has 0 amide bonds. The minimum atomic E-state index is -0.370. The van der Waals surface area contributed by atoms with E-state index < -0.39 is 0 Å². The molecule has 0 aliphatic carbocycles. The number of benzene rings is 1. The standard InChI is InChI=1S/C17H28N2O4/c20-13-10-15(11-14-21)7-3-1-2-6-12-18-16-8-4-5-9-17(16)19(22)23/h4-5,8-9,15,18,20-21H,1-3,6-7,10-14H2. The Hall–Kier alpha value is -1.66. The van der Waals surface area contributed by atoms with Gasteiger partial charge in [-0.2, -0.15) is 0 Å². The first-order valence-corrected chi connectivity index (χ1v) is 8.38. The summed E-state index contributed by atoms with van der Waals surface area (Å²) in [7, 11) is 0. The predicted molar refractivity (Wildman–Crippen MR) is 91.6 cm³/mol. The number of aliphatic hydroxyl groups excluding tert-OH is 2. The van der Waals surface area contributed by atoms with Crippen LogP contribution in [0.25, 0.3) is 0 Å². The summed E-state index contributed by atoms with van der Waals surface area (Å²) in [6, 6.07) is 6.69. The largest absolute Gasteiger partial charge is 0.396 e. The molecule has 0 atom stereocenters. The van der Waals surface area contributed by atoms with Gasteiger partial charge in [0.1, 0.15) is 5.69 Å². The average Bonchev–Trinajstić information content (AvgIpc) is 2.54. The SMILES string of the molecule is O=[N+]([O-])c1ccccc1NCCCCCCC(CCO)CCO. The molecule has 6 nitrogen and oxygen atoms in total. The highest BCUT2D eigenvalue weighted by Crippen LogP contribution is 2.23. The smallest absolute Gasteiger partial charge is 0.292 e. The molecule has 0 spiro atoms. The first-order chi connectivity index (χ1) is 11.2. The Balaban J connectivity index is 2.15. The number of nitrogens with zero attached hydrogens (tertiary/aromatic N) is 1. The van der Waals surface area contributed by atoms with Crippen LogP contribution in [-0.2, 0) is 0 Å². The highest BCUT2D eigenvalue weighted by molar-refractivity contribution is 5.60. The molecule has 23 heavy (non-hydrogen) atoms. The Morgan fingerprint density at radius 2 is 1.65 bits per heavy atom. The van der Waals surface area contributed by atoms with Crippen molar-refractivity contribution in [2.45, 2.75) is 44.9 Å². The molecular weight excluding hydrogens is 296 g/mol. The van der Waals surface area contributed by atoms with Gasteiger partial charge < -0.3 is 15.5 Å². The second-order valence-electron chi connectivity index (χ2n) is 5.79. The van der Waals surface area contributed by atoms with Crippen LogP contribution in [0.1, 0.15) is 44.9 Å². The molecule has 0 saturated carbocycles. The van der Waals surface area contributed by atoms with E-state index in [4.69, 9.17) is 10.2 Å². The van der Waals surface area contributed by atoms with Gasteiger partial charge in [-0.15, -0.1) is 0 Å². The minimum Gasteiger partial charge on any atom is -0.396 e. The molecule has 0 bridgehead atoms. The molecule has 0 aromatic heterocycles.